The third-order valence-corrected chi connectivity index (χ3v) is 5.79. The van der Waals surface area contributed by atoms with Crippen LogP contribution >= 0.6 is 11.6 Å². The van der Waals surface area contributed by atoms with Crippen molar-refractivity contribution in [1.82, 2.24) is 19.9 Å². The van der Waals surface area contributed by atoms with Gasteiger partial charge in [0.25, 0.3) is 0 Å². The first-order chi connectivity index (χ1) is 14.6. The van der Waals surface area contributed by atoms with E-state index in [-0.39, 0.29) is 6.10 Å². The summed E-state index contributed by atoms with van der Waals surface area (Å²) in [6.45, 7) is 8.62. The lowest BCUT2D eigenvalue weighted by molar-refractivity contribution is 0.109. The van der Waals surface area contributed by atoms with Gasteiger partial charge in [0.15, 0.2) is 17.3 Å². The van der Waals surface area contributed by atoms with Crippen molar-refractivity contribution in [2.24, 2.45) is 0 Å². The Hall–Kier alpha value is -1.87. The highest BCUT2D eigenvalue weighted by atomic mass is 35.5. The zero-order valence-electron chi connectivity index (χ0n) is 17.6. The van der Waals surface area contributed by atoms with E-state index in [4.69, 9.17) is 30.3 Å². The molecule has 8 nitrogen and oxygen atoms in total. The third-order valence-electron chi connectivity index (χ3n) is 5.51. The SMILES string of the molecule is CO[C@@H](C)c1noc(CN2CCCN(Cc3cc(Cl)c4c(c3)OCCCO4)CC2)n1. The number of methoxy groups -OCH3 is 1. The topological polar surface area (TPSA) is 73.1 Å². The van der Waals surface area contributed by atoms with Gasteiger partial charge in [0.1, 0.15) is 6.10 Å². The van der Waals surface area contributed by atoms with Crippen molar-refractivity contribution in [3.05, 3.63) is 34.4 Å². The van der Waals surface area contributed by atoms with Crippen LogP contribution in [0.1, 0.15) is 43.1 Å². The molecule has 0 unspecified atom stereocenters. The highest BCUT2D eigenvalue weighted by Gasteiger charge is 2.21. The fourth-order valence-corrected chi connectivity index (χ4v) is 4.06. The summed E-state index contributed by atoms with van der Waals surface area (Å²) < 4.78 is 22.2. The first-order valence-corrected chi connectivity index (χ1v) is 10.9. The van der Waals surface area contributed by atoms with Gasteiger partial charge in [0.05, 0.1) is 24.8 Å². The second kappa shape index (κ2) is 9.96. The Balaban J connectivity index is 1.34. The van der Waals surface area contributed by atoms with Crippen molar-refractivity contribution < 1.29 is 18.7 Å². The Morgan fingerprint density at radius 2 is 1.83 bits per heavy atom. The Kier molecular flexibility index (Phi) is 7.09. The lowest BCUT2D eigenvalue weighted by atomic mass is 10.2. The first kappa shape index (κ1) is 21.4. The number of rotatable bonds is 6. The average Bonchev–Trinajstić information content (AvgIpc) is 2.92. The van der Waals surface area contributed by atoms with Crippen molar-refractivity contribution >= 4 is 11.6 Å². The van der Waals surface area contributed by atoms with E-state index in [2.05, 4.69) is 26.0 Å². The highest BCUT2D eigenvalue weighted by molar-refractivity contribution is 6.32. The normalized spacial score (nSPS) is 19.3. The molecular formula is C21H29ClN4O4. The molecule has 3 heterocycles. The standard InChI is InChI=1S/C21H29ClN4O4/c1-15(27-2)21-23-19(30-24-21)14-26-6-3-5-25(7-8-26)13-16-11-17(22)20-18(12-16)28-9-4-10-29-20/h11-12,15H,3-10,13-14H2,1-2H3/t15-/m0/s1. The lowest BCUT2D eigenvalue weighted by Gasteiger charge is -2.21. The molecule has 2 aliphatic heterocycles. The van der Waals surface area contributed by atoms with Gasteiger partial charge < -0.3 is 18.7 Å². The molecule has 0 aliphatic carbocycles. The van der Waals surface area contributed by atoms with Gasteiger partial charge in [-0.15, -0.1) is 0 Å². The van der Waals surface area contributed by atoms with Crippen LogP contribution < -0.4 is 9.47 Å². The van der Waals surface area contributed by atoms with Gasteiger partial charge in [-0.05, 0) is 44.1 Å². The molecule has 0 saturated carbocycles. The molecule has 1 fully saturated rings. The van der Waals surface area contributed by atoms with E-state index >= 15 is 0 Å². The number of aromatic nitrogens is 2. The van der Waals surface area contributed by atoms with Crippen LogP contribution in [0.2, 0.25) is 5.02 Å². The quantitative estimate of drug-likeness (QED) is 0.683. The Bertz CT molecular complexity index is 846. The van der Waals surface area contributed by atoms with Gasteiger partial charge in [-0.1, -0.05) is 16.8 Å². The molecule has 9 heteroatoms. The zero-order valence-corrected chi connectivity index (χ0v) is 18.4. The summed E-state index contributed by atoms with van der Waals surface area (Å²) in [4.78, 5) is 9.26. The Labute approximate surface area is 182 Å². The lowest BCUT2D eigenvalue weighted by Crippen LogP contribution is -2.30. The fourth-order valence-electron chi connectivity index (χ4n) is 3.77. The largest absolute Gasteiger partial charge is 0.489 e. The van der Waals surface area contributed by atoms with E-state index in [0.717, 1.165) is 56.9 Å². The smallest absolute Gasteiger partial charge is 0.240 e. The monoisotopic (exact) mass is 436 g/mol. The minimum absolute atomic E-state index is 0.163. The third kappa shape index (κ3) is 5.24. The highest BCUT2D eigenvalue weighted by Crippen LogP contribution is 2.38. The average molecular weight is 437 g/mol. The molecule has 0 spiro atoms. The Morgan fingerprint density at radius 1 is 1.07 bits per heavy atom. The number of ether oxygens (including phenoxy) is 3. The van der Waals surface area contributed by atoms with Crippen LogP contribution in [0.25, 0.3) is 0 Å². The first-order valence-electron chi connectivity index (χ1n) is 10.5. The minimum Gasteiger partial charge on any atom is -0.489 e. The zero-order chi connectivity index (χ0) is 20.9. The Morgan fingerprint density at radius 3 is 2.63 bits per heavy atom. The number of hydrogen-bond donors (Lipinski definition) is 0. The van der Waals surface area contributed by atoms with E-state index < -0.39 is 0 Å². The van der Waals surface area contributed by atoms with Gasteiger partial charge in [-0.25, -0.2) is 0 Å². The minimum atomic E-state index is -0.163. The molecule has 0 bridgehead atoms. The van der Waals surface area contributed by atoms with Crippen LogP contribution in [-0.4, -0.2) is 66.4 Å². The second-order valence-corrected chi connectivity index (χ2v) is 8.19. The van der Waals surface area contributed by atoms with E-state index in [0.29, 0.717) is 42.2 Å². The van der Waals surface area contributed by atoms with Crippen molar-refractivity contribution in [2.45, 2.75) is 39.0 Å². The van der Waals surface area contributed by atoms with Gasteiger partial charge in [0, 0.05) is 33.2 Å². The van der Waals surface area contributed by atoms with E-state index in [1.807, 2.05) is 13.0 Å². The molecule has 1 atom stereocenters. The van der Waals surface area contributed by atoms with Gasteiger partial charge in [-0.2, -0.15) is 4.98 Å². The maximum Gasteiger partial charge on any atom is 0.240 e. The summed E-state index contributed by atoms with van der Waals surface area (Å²) in [5.41, 5.74) is 1.15. The maximum atomic E-state index is 6.45. The molecular weight excluding hydrogens is 408 g/mol. The molecule has 4 rings (SSSR count). The molecule has 1 aromatic heterocycles. The summed E-state index contributed by atoms with van der Waals surface area (Å²) >= 11 is 6.45. The summed E-state index contributed by atoms with van der Waals surface area (Å²) in [7, 11) is 1.64. The van der Waals surface area contributed by atoms with Crippen molar-refractivity contribution in [2.75, 3.05) is 46.5 Å². The van der Waals surface area contributed by atoms with Crippen LogP contribution in [0.3, 0.4) is 0 Å². The summed E-state index contributed by atoms with van der Waals surface area (Å²) in [6, 6.07) is 4.06. The summed E-state index contributed by atoms with van der Waals surface area (Å²) in [5.74, 6) is 2.65. The molecule has 1 saturated heterocycles. The number of fused-ring (bicyclic) bond motifs is 1. The van der Waals surface area contributed by atoms with E-state index in [1.165, 1.54) is 0 Å². The van der Waals surface area contributed by atoms with Crippen LogP contribution in [0.4, 0.5) is 0 Å². The van der Waals surface area contributed by atoms with Crippen molar-refractivity contribution in [3.8, 4) is 11.5 Å². The van der Waals surface area contributed by atoms with E-state index in [9.17, 15) is 0 Å². The maximum absolute atomic E-state index is 6.45. The van der Waals surface area contributed by atoms with Crippen molar-refractivity contribution in [1.29, 1.82) is 0 Å². The van der Waals surface area contributed by atoms with E-state index in [1.54, 1.807) is 7.11 Å². The van der Waals surface area contributed by atoms with Crippen LogP contribution in [-0.2, 0) is 17.8 Å². The van der Waals surface area contributed by atoms with Crippen LogP contribution in [0, 0.1) is 0 Å². The molecule has 0 amide bonds. The number of halogens is 1. The number of hydrogen-bond acceptors (Lipinski definition) is 8. The summed E-state index contributed by atoms with van der Waals surface area (Å²) in [6.07, 6.45) is 1.78. The fraction of sp³-hybridized carbons (Fsp3) is 0.619. The molecule has 30 heavy (non-hydrogen) atoms. The molecule has 164 valence electrons. The van der Waals surface area contributed by atoms with Gasteiger partial charge in [-0.3, -0.25) is 9.80 Å². The molecule has 1 aromatic carbocycles. The molecule has 0 N–H and O–H groups in total. The van der Waals surface area contributed by atoms with Crippen LogP contribution in [0.15, 0.2) is 16.7 Å². The number of nitrogens with zero attached hydrogens (tertiary/aromatic N) is 4. The van der Waals surface area contributed by atoms with Gasteiger partial charge >= 0.3 is 0 Å². The molecule has 0 radical (unpaired) electrons. The second-order valence-electron chi connectivity index (χ2n) is 7.79. The van der Waals surface area contributed by atoms with Gasteiger partial charge in [0.2, 0.25) is 5.89 Å². The summed E-state index contributed by atoms with van der Waals surface area (Å²) in [5, 5.41) is 4.64. The predicted octanol–water partition coefficient (Wildman–Crippen LogP) is 3.30. The van der Waals surface area contributed by atoms with Crippen LogP contribution in [0.5, 0.6) is 11.5 Å². The number of benzene rings is 1. The predicted molar refractivity (Wildman–Crippen MR) is 112 cm³/mol. The molecule has 2 aliphatic rings. The molecule has 2 aromatic rings. The van der Waals surface area contributed by atoms with Crippen molar-refractivity contribution in [3.63, 3.8) is 0 Å².